The third-order valence-corrected chi connectivity index (χ3v) is 4.78. The molecule has 1 fully saturated rings. The minimum Gasteiger partial charge on any atom is -0.359 e. The number of hydrogen-bond acceptors (Lipinski definition) is 5. The van der Waals surface area contributed by atoms with Crippen LogP contribution in [0.4, 0.5) is 5.69 Å². The molecule has 0 saturated carbocycles. The second-order valence-corrected chi connectivity index (χ2v) is 6.82. The number of hydrogen-bond donors (Lipinski definition) is 3. The number of para-hydroxylation sites is 1. The van der Waals surface area contributed by atoms with E-state index in [0.717, 1.165) is 31.6 Å². The lowest BCUT2D eigenvalue weighted by molar-refractivity contribution is -0.120. The topological polar surface area (TPSA) is 101 Å². The van der Waals surface area contributed by atoms with Gasteiger partial charge in [0.15, 0.2) is 5.69 Å². The van der Waals surface area contributed by atoms with Crippen molar-refractivity contribution in [3.63, 3.8) is 0 Å². The molecule has 1 aromatic heterocycles. The molecule has 0 aliphatic carbocycles. The first-order chi connectivity index (χ1) is 13.2. The van der Waals surface area contributed by atoms with E-state index < -0.39 is 0 Å². The highest BCUT2D eigenvalue weighted by Crippen LogP contribution is 2.18. The number of nitrogens with zero attached hydrogens (tertiary/aromatic N) is 3. The number of rotatable bonds is 7. The molecule has 1 atom stereocenters. The summed E-state index contributed by atoms with van der Waals surface area (Å²) in [5.74, 6) is 0.188. The van der Waals surface area contributed by atoms with Crippen LogP contribution in [0.25, 0.3) is 0 Å². The Hall–Kier alpha value is -2.74. The van der Waals surface area contributed by atoms with E-state index in [9.17, 15) is 9.59 Å². The molecule has 8 heteroatoms. The fourth-order valence-corrected chi connectivity index (χ4v) is 3.26. The zero-order valence-electron chi connectivity index (χ0n) is 15.6. The summed E-state index contributed by atoms with van der Waals surface area (Å²) in [4.78, 5) is 24.0. The molecule has 2 heterocycles. The zero-order chi connectivity index (χ0) is 19.1. The maximum absolute atomic E-state index is 12.5. The molecule has 1 unspecified atom stereocenters. The van der Waals surface area contributed by atoms with Gasteiger partial charge in [-0.05, 0) is 49.9 Å². The third kappa shape index (κ3) is 5.37. The van der Waals surface area contributed by atoms with E-state index in [1.165, 1.54) is 6.42 Å². The minimum absolute atomic E-state index is 0.0312. The number of benzene rings is 1. The van der Waals surface area contributed by atoms with Gasteiger partial charge < -0.3 is 16.0 Å². The number of piperidine rings is 1. The van der Waals surface area contributed by atoms with E-state index in [1.807, 2.05) is 24.3 Å². The van der Waals surface area contributed by atoms with Gasteiger partial charge in [0.25, 0.3) is 5.91 Å². The lowest BCUT2D eigenvalue weighted by Gasteiger charge is -2.22. The Morgan fingerprint density at radius 2 is 2.19 bits per heavy atom. The Balaban J connectivity index is 1.61. The standard InChI is InChI=1S/C19H26N6O2/c1-20-18(26)9-8-15-6-2-3-7-16(15)22-19(27)17-13-25(24-23-17)12-14-5-4-10-21-11-14/h2-3,6-7,13-14,21H,4-5,8-12H2,1H3,(H,20,26)(H,22,27). The van der Waals surface area contributed by atoms with Crippen molar-refractivity contribution in [1.82, 2.24) is 25.6 Å². The number of aromatic nitrogens is 3. The van der Waals surface area contributed by atoms with Crippen molar-refractivity contribution in [2.24, 2.45) is 5.92 Å². The molecule has 0 bridgehead atoms. The summed E-state index contributed by atoms with van der Waals surface area (Å²) in [5, 5.41) is 17.0. The van der Waals surface area contributed by atoms with Gasteiger partial charge in [-0.1, -0.05) is 23.4 Å². The van der Waals surface area contributed by atoms with Crippen LogP contribution in [0.5, 0.6) is 0 Å². The largest absolute Gasteiger partial charge is 0.359 e. The third-order valence-electron chi connectivity index (χ3n) is 4.78. The predicted molar refractivity (Wildman–Crippen MR) is 102 cm³/mol. The number of anilines is 1. The van der Waals surface area contributed by atoms with Crippen molar-refractivity contribution >= 4 is 17.5 Å². The zero-order valence-corrected chi connectivity index (χ0v) is 15.6. The fourth-order valence-electron chi connectivity index (χ4n) is 3.26. The molecule has 0 radical (unpaired) electrons. The van der Waals surface area contributed by atoms with Crippen LogP contribution in [0.3, 0.4) is 0 Å². The number of carbonyl (C=O) groups is 2. The monoisotopic (exact) mass is 370 g/mol. The van der Waals surface area contributed by atoms with E-state index in [-0.39, 0.29) is 11.8 Å². The summed E-state index contributed by atoms with van der Waals surface area (Å²) in [6, 6.07) is 7.48. The van der Waals surface area contributed by atoms with Gasteiger partial charge in [-0.15, -0.1) is 5.10 Å². The average Bonchev–Trinajstić information content (AvgIpc) is 3.16. The molecular weight excluding hydrogens is 344 g/mol. The molecule has 27 heavy (non-hydrogen) atoms. The first-order valence-corrected chi connectivity index (χ1v) is 9.36. The van der Waals surface area contributed by atoms with Crippen molar-refractivity contribution in [3.8, 4) is 0 Å². The van der Waals surface area contributed by atoms with Crippen LogP contribution in [-0.4, -0.2) is 46.9 Å². The average molecular weight is 370 g/mol. The first kappa shape index (κ1) is 19.0. The lowest BCUT2D eigenvalue weighted by atomic mass is 10.00. The molecule has 144 valence electrons. The van der Waals surface area contributed by atoms with E-state index in [4.69, 9.17) is 0 Å². The Kier molecular flexibility index (Phi) is 6.54. The van der Waals surface area contributed by atoms with Crippen LogP contribution >= 0.6 is 0 Å². The summed E-state index contributed by atoms with van der Waals surface area (Å²) >= 11 is 0. The van der Waals surface area contributed by atoms with Gasteiger partial charge in [0.2, 0.25) is 5.91 Å². The maximum Gasteiger partial charge on any atom is 0.277 e. The molecule has 1 aliphatic rings. The quantitative estimate of drug-likeness (QED) is 0.680. The molecule has 1 aromatic carbocycles. The van der Waals surface area contributed by atoms with Gasteiger partial charge in [-0.2, -0.15) is 0 Å². The van der Waals surface area contributed by atoms with Gasteiger partial charge in [-0.3, -0.25) is 14.3 Å². The smallest absolute Gasteiger partial charge is 0.277 e. The molecule has 8 nitrogen and oxygen atoms in total. The van der Waals surface area contributed by atoms with Gasteiger partial charge in [0, 0.05) is 25.7 Å². The van der Waals surface area contributed by atoms with Crippen molar-refractivity contribution in [3.05, 3.63) is 41.7 Å². The number of carbonyl (C=O) groups excluding carboxylic acids is 2. The van der Waals surface area contributed by atoms with Crippen molar-refractivity contribution in [1.29, 1.82) is 0 Å². The summed E-state index contributed by atoms with van der Waals surface area (Å²) in [5.41, 5.74) is 1.90. The van der Waals surface area contributed by atoms with Crippen molar-refractivity contribution in [2.75, 3.05) is 25.5 Å². The first-order valence-electron chi connectivity index (χ1n) is 9.36. The number of aryl methyl sites for hydroxylation is 1. The molecule has 1 saturated heterocycles. The van der Waals surface area contributed by atoms with Gasteiger partial charge in [0.1, 0.15) is 0 Å². The second-order valence-electron chi connectivity index (χ2n) is 6.82. The SMILES string of the molecule is CNC(=O)CCc1ccccc1NC(=O)c1cn(CC2CCCNC2)nn1. The van der Waals surface area contributed by atoms with E-state index in [1.54, 1.807) is 17.9 Å². The molecule has 0 spiro atoms. The second kappa shape index (κ2) is 9.27. The van der Waals surface area contributed by atoms with Gasteiger partial charge >= 0.3 is 0 Å². The van der Waals surface area contributed by atoms with Crippen molar-refractivity contribution in [2.45, 2.75) is 32.2 Å². The Labute approximate surface area is 158 Å². The van der Waals surface area contributed by atoms with Crippen LogP contribution in [0.15, 0.2) is 30.5 Å². The van der Waals surface area contributed by atoms with Gasteiger partial charge in [0.05, 0.1) is 6.20 Å². The summed E-state index contributed by atoms with van der Waals surface area (Å²) in [6.07, 6.45) is 4.94. The summed E-state index contributed by atoms with van der Waals surface area (Å²) < 4.78 is 1.74. The van der Waals surface area contributed by atoms with Crippen LogP contribution in [0.1, 0.15) is 35.3 Å². The van der Waals surface area contributed by atoms with Crippen LogP contribution in [0.2, 0.25) is 0 Å². The molecule has 2 aromatic rings. The molecule has 1 aliphatic heterocycles. The molecule has 3 rings (SSSR count). The normalized spacial score (nSPS) is 16.7. The van der Waals surface area contributed by atoms with Gasteiger partial charge in [-0.25, -0.2) is 0 Å². The van der Waals surface area contributed by atoms with Crippen LogP contribution in [-0.2, 0) is 17.8 Å². The fraction of sp³-hybridized carbons (Fsp3) is 0.474. The van der Waals surface area contributed by atoms with Crippen molar-refractivity contribution < 1.29 is 9.59 Å². The van der Waals surface area contributed by atoms with Crippen LogP contribution in [0, 0.1) is 5.92 Å². The highest BCUT2D eigenvalue weighted by atomic mass is 16.2. The minimum atomic E-state index is -0.296. The van der Waals surface area contributed by atoms with E-state index in [2.05, 4.69) is 26.3 Å². The Morgan fingerprint density at radius 3 is 2.96 bits per heavy atom. The number of amides is 2. The van der Waals surface area contributed by atoms with E-state index >= 15 is 0 Å². The summed E-state index contributed by atoms with van der Waals surface area (Å²) in [7, 11) is 1.61. The maximum atomic E-state index is 12.5. The Bertz CT molecular complexity index is 782. The highest BCUT2D eigenvalue weighted by molar-refractivity contribution is 6.03. The molecule has 3 N–H and O–H groups in total. The Morgan fingerprint density at radius 1 is 1.33 bits per heavy atom. The summed E-state index contributed by atoms with van der Waals surface area (Å²) in [6.45, 7) is 2.80. The molecule has 2 amide bonds. The number of nitrogens with one attached hydrogen (secondary N) is 3. The predicted octanol–water partition coefficient (Wildman–Crippen LogP) is 1.21. The highest BCUT2D eigenvalue weighted by Gasteiger charge is 2.17. The van der Waals surface area contributed by atoms with E-state index in [0.29, 0.717) is 30.1 Å². The molecular formula is C19H26N6O2. The lowest BCUT2D eigenvalue weighted by Crippen LogP contribution is -2.32. The van der Waals surface area contributed by atoms with Crippen LogP contribution < -0.4 is 16.0 Å².